The van der Waals surface area contributed by atoms with Crippen LogP contribution in [0.5, 0.6) is 0 Å². The molecule has 0 saturated heterocycles. The minimum Gasteiger partial charge on any atom is -0.398 e. The molecule has 0 unspecified atom stereocenters. The molecule has 1 rings (SSSR count). The molecule has 1 aromatic rings. The maximum absolute atomic E-state index is 12.8. The lowest BCUT2D eigenvalue weighted by atomic mass is 10.2. The lowest BCUT2D eigenvalue weighted by Crippen LogP contribution is -1.93. The first-order valence-electron chi connectivity index (χ1n) is 2.94. The summed E-state index contributed by atoms with van der Waals surface area (Å²) in [5.41, 5.74) is 7.01. The van der Waals surface area contributed by atoms with Gasteiger partial charge in [-0.15, -0.1) is 0 Å². The summed E-state index contributed by atoms with van der Waals surface area (Å²) in [5.74, 6) is -0.309. The van der Waals surface area contributed by atoms with Crippen LogP contribution in [0.15, 0.2) is 16.6 Å². The molecule has 1 aromatic carbocycles. The third-order valence-corrected chi connectivity index (χ3v) is 2.76. The van der Waals surface area contributed by atoms with Crippen molar-refractivity contribution in [2.24, 2.45) is 0 Å². The van der Waals surface area contributed by atoms with Crippen molar-refractivity contribution in [3.8, 4) is 0 Å². The van der Waals surface area contributed by atoms with Gasteiger partial charge in [0.15, 0.2) is 0 Å². The highest BCUT2D eigenvalue weighted by molar-refractivity contribution is 14.1. The maximum Gasteiger partial charge on any atom is 0.139 e. The largest absolute Gasteiger partial charge is 0.398 e. The van der Waals surface area contributed by atoms with Gasteiger partial charge in [-0.2, -0.15) is 0 Å². The number of rotatable bonds is 1. The van der Waals surface area contributed by atoms with Crippen molar-refractivity contribution in [1.82, 2.24) is 0 Å². The van der Waals surface area contributed by atoms with Crippen LogP contribution in [0.3, 0.4) is 0 Å². The molecule has 0 radical (unpaired) electrons. The van der Waals surface area contributed by atoms with Crippen LogP contribution in [-0.2, 0) is 4.43 Å². The van der Waals surface area contributed by atoms with E-state index in [0.29, 0.717) is 10.2 Å². The molecule has 0 aromatic heterocycles. The standard InChI is InChI=1S/C7H6BrFIN/c8-5-1-4(3-10)7(11)2-6(5)9/h1-2H,3,11H2. The fraction of sp³-hybridized carbons (Fsp3) is 0.143. The summed E-state index contributed by atoms with van der Waals surface area (Å²) in [5, 5.41) is 0. The first kappa shape index (κ1) is 9.25. The van der Waals surface area contributed by atoms with E-state index in [-0.39, 0.29) is 5.82 Å². The number of anilines is 1. The molecule has 0 heterocycles. The Balaban J connectivity index is 3.21. The summed E-state index contributed by atoms with van der Waals surface area (Å²) >= 11 is 5.27. The molecule has 0 atom stereocenters. The molecule has 0 amide bonds. The summed E-state index contributed by atoms with van der Waals surface area (Å²) in [4.78, 5) is 0. The zero-order chi connectivity index (χ0) is 8.43. The third-order valence-electron chi connectivity index (χ3n) is 1.33. The topological polar surface area (TPSA) is 26.0 Å². The van der Waals surface area contributed by atoms with Crippen molar-refractivity contribution >= 4 is 44.2 Å². The van der Waals surface area contributed by atoms with Crippen LogP contribution in [0, 0.1) is 5.82 Å². The first-order valence-corrected chi connectivity index (χ1v) is 5.26. The van der Waals surface area contributed by atoms with E-state index in [9.17, 15) is 4.39 Å². The predicted molar refractivity (Wildman–Crippen MR) is 56.2 cm³/mol. The summed E-state index contributed by atoms with van der Waals surface area (Å²) in [6.45, 7) is 0. The van der Waals surface area contributed by atoms with E-state index in [1.807, 2.05) is 0 Å². The molecule has 2 N–H and O–H groups in total. The number of benzene rings is 1. The van der Waals surface area contributed by atoms with E-state index in [0.717, 1.165) is 9.99 Å². The van der Waals surface area contributed by atoms with Crippen LogP contribution in [0.2, 0.25) is 0 Å². The first-order chi connectivity index (χ1) is 5.15. The van der Waals surface area contributed by atoms with E-state index in [2.05, 4.69) is 38.5 Å². The summed E-state index contributed by atoms with van der Waals surface area (Å²) in [7, 11) is 0. The van der Waals surface area contributed by atoms with E-state index in [4.69, 9.17) is 5.73 Å². The van der Waals surface area contributed by atoms with Crippen LogP contribution >= 0.6 is 38.5 Å². The SMILES string of the molecule is Nc1cc(F)c(Br)cc1CI. The molecule has 0 bridgehead atoms. The van der Waals surface area contributed by atoms with Gasteiger partial charge in [-0.1, -0.05) is 22.6 Å². The van der Waals surface area contributed by atoms with Crippen molar-refractivity contribution in [3.05, 3.63) is 28.0 Å². The molecule has 4 heteroatoms. The van der Waals surface area contributed by atoms with Gasteiger partial charge in [0.1, 0.15) is 5.82 Å². The smallest absolute Gasteiger partial charge is 0.139 e. The van der Waals surface area contributed by atoms with Gasteiger partial charge in [-0.25, -0.2) is 4.39 Å². The van der Waals surface area contributed by atoms with Gasteiger partial charge in [-0.3, -0.25) is 0 Å². The molecule has 0 saturated carbocycles. The quantitative estimate of drug-likeness (QED) is 0.478. The van der Waals surface area contributed by atoms with Gasteiger partial charge in [0.05, 0.1) is 4.47 Å². The molecule has 0 aliphatic heterocycles. The highest BCUT2D eigenvalue weighted by Crippen LogP contribution is 2.23. The van der Waals surface area contributed by atoms with Gasteiger partial charge in [0.2, 0.25) is 0 Å². The van der Waals surface area contributed by atoms with Gasteiger partial charge >= 0.3 is 0 Å². The third kappa shape index (κ3) is 2.05. The Morgan fingerprint density at radius 2 is 2.18 bits per heavy atom. The number of halogens is 3. The van der Waals surface area contributed by atoms with E-state index >= 15 is 0 Å². The molecule has 0 spiro atoms. The molecule has 11 heavy (non-hydrogen) atoms. The van der Waals surface area contributed by atoms with Crippen molar-refractivity contribution in [1.29, 1.82) is 0 Å². The van der Waals surface area contributed by atoms with Gasteiger partial charge in [0, 0.05) is 10.1 Å². The zero-order valence-electron chi connectivity index (χ0n) is 5.57. The van der Waals surface area contributed by atoms with Crippen LogP contribution in [0.4, 0.5) is 10.1 Å². The van der Waals surface area contributed by atoms with Crippen molar-refractivity contribution in [2.75, 3.05) is 5.73 Å². The maximum atomic E-state index is 12.8. The summed E-state index contributed by atoms with van der Waals surface area (Å²) in [6.07, 6.45) is 0. The second-order valence-corrected chi connectivity index (χ2v) is 3.72. The Bertz CT molecular complexity index is 277. The Kier molecular flexibility index (Phi) is 3.12. The van der Waals surface area contributed by atoms with E-state index in [1.165, 1.54) is 6.07 Å². The van der Waals surface area contributed by atoms with Crippen LogP contribution in [0.25, 0.3) is 0 Å². The number of nitrogen functional groups attached to an aromatic ring is 1. The molecule has 1 nitrogen and oxygen atoms in total. The van der Waals surface area contributed by atoms with Crippen LogP contribution in [-0.4, -0.2) is 0 Å². The van der Waals surface area contributed by atoms with Crippen LogP contribution in [0.1, 0.15) is 5.56 Å². The van der Waals surface area contributed by atoms with Crippen molar-refractivity contribution in [3.63, 3.8) is 0 Å². The second kappa shape index (κ2) is 3.71. The summed E-state index contributed by atoms with van der Waals surface area (Å²) < 4.78 is 14.0. The molecule has 60 valence electrons. The van der Waals surface area contributed by atoms with E-state index < -0.39 is 0 Å². The molecular formula is C7H6BrFIN. The Morgan fingerprint density at radius 1 is 1.55 bits per heavy atom. The average Bonchev–Trinajstić information content (AvgIpc) is 1.97. The number of nitrogens with two attached hydrogens (primary N) is 1. The second-order valence-electron chi connectivity index (χ2n) is 2.10. The molecule has 0 aliphatic rings. The zero-order valence-corrected chi connectivity index (χ0v) is 9.32. The number of alkyl halides is 1. The normalized spacial score (nSPS) is 10.1. The molecule has 0 fully saturated rings. The number of hydrogen-bond acceptors (Lipinski definition) is 1. The van der Waals surface area contributed by atoms with Gasteiger partial charge < -0.3 is 5.73 Å². The fourth-order valence-corrected chi connectivity index (χ4v) is 1.77. The highest BCUT2D eigenvalue weighted by Gasteiger charge is 2.03. The Hall–Kier alpha value is 0.160. The Labute approximate surface area is 86.4 Å². The monoisotopic (exact) mass is 329 g/mol. The van der Waals surface area contributed by atoms with Gasteiger partial charge in [-0.05, 0) is 33.6 Å². The highest BCUT2D eigenvalue weighted by atomic mass is 127. The van der Waals surface area contributed by atoms with E-state index in [1.54, 1.807) is 6.07 Å². The van der Waals surface area contributed by atoms with Crippen molar-refractivity contribution in [2.45, 2.75) is 4.43 Å². The fourth-order valence-electron chi connectivity index (χ4n) is 0.719. The lowest BCUT2D eigenvalue weighted by Gasteiger charge is -2.02. The number of hydrogen-bond donors (Lipinski definition) is 1. The minimum atomic E-state index is -0.309. The summed E-state index contributed by atoms with van der Waals surface area (Å²) in [6, 6.07) is 3.04. The molecular weight excluding hydrogens is 324 g/mol. The minimum absolute atomic E-state index is 0.309. The predicted octanol–water partition coefficient (Wildman–Crippen LogP) is 3.11. The van der Waals surface area contributed by atoms with Crippen molar-refractivity contribution < 1.29 is 4.39 Å². The Morgan fingerprint density at radius 3 is 2.73 bits per heavy atom. The van der Waals surface area contributed by atoms with Gasteiger partial charge in [0.25, 0.3) is 0 Å². The lowest BCUT2D eigenvalue weighted by molar-refractivity contribution is 0.621. The average molecular weight is 330 g/mol. The molecule has 0 aliphatic carbocycles. The van der Waals surface area contributed by atoms with Crippen LogP contribution < -0.4 is 5.73 Å².